The topological polar surface area (TPSA) is 50.4 Å². The third-order valence-electron chi connectivity index (χ3n) is 2.97. The number of amides is 1. The molecule has 5 heteroatoms. The molecule has 1 heterocycles. The Morgan fingerprint density at radius 1 is 1.53 bits per heavy atom. The van der Waals surface area contributed by atoms with Crippen LogP contribution in [0.4, 0.5) is 0 Å². The molecule has 4 nitrogen and oxygen atoms in total. The van der Waals surface area contributed by atoms with E-state index in [1.807, 2.05) is 32.0 Å². The van der Waals surface area contributed by atoms with Crippen LogP contribution in [-0.4, -0.2) is 25.1 Å². The molecule has 0 aliphatic carbocycles. The van der Waals surface area contributed by atoms with E-state index in [4.69, 9.17) is 4.74 Å². The van der Waals surface area contributed by atoms with E-state index >= 15 is 0 Å². The van der Waals surface area contributed by atoms with Crippen molar-refractivity contribution in [1.29, 1.82) is 0 Å². The van der Waals surface area contributed by atoms with Gasteiger partial charge in [0.25, 0.3) is 0 Å². The molecular formula is C14H19BrN2O2. The van der Waals surface area contributed by atoms with Crippen molar-refractivity contribution in [3.63, 3.8) is 0 Å². The lowest BCUT2D eigenvalue weighted by Gasteiger charge is -2.27. The van der Waals surface area contributed by atoms with E-state index in [1.54, 1.807) is 0 Å². The van der Waals surface area contributed by atoms with E-state index in [2.05, 4.69) is 26.6 Å². The number of ether oxygens (including phenoxy) is 1. The summed E-state index contributed by atoms with van der Waals surface area (Å²) >= 11 is 3.47. The number of carbonyl (C=O) groups is 1. The van der Waals surface area contributed by atoms with Crippen molar-refractivity contribution in [2.24, 2.45) is 0 Å². The fraction of sp³-hybridized carbons (Fsp3) is 0.500. The minimum atomic E-state index is 0.0260. The van der Waals surface area contributed by atoms with Gasteiger partial charge in [0.2, 0.25) is 5.91 Å². The SMILES string of the molecule is CC(C)NC(=O)CNC1CCOc2ccc(Br)cc21. The Morgan fingerprint density at radius 3 is 3.05 bits per heavy atom. The molecule has 0 bridgehead atoms. The first kappa shape index (κ1) is 14.3. The van der Waals surface area contributed by atoms with Gasteiger partial charge in [-0.05, 0) is 32.0 Å². The Labute approximate surface area is 122 Å². The Balaban J connectivity index is 1.99. The zero-order valence-corrected chi connectivity index (χ0v) is 12.8. The molecule has 2 rings (SSSR count). The van der Waals surface area contributed by atoms with Gasteiger partial charge in [-0.2, -0.15) is 0 Å². The van der Waals surface area contributed by atoms with Gasteiger partial charge in [0.15, 0.2) is 0 Å². The predicted octanol–water partition coefficient (Wildman–Crippen LogP) is 2.39. The molecule has 0 fully saturated rings. The van der Waals surface area contributed by atoms with Crippen LogP contribution in [-0.2, 0) is 4.79 Å². The zero-order valence-electron chi connectivity index (χ0n) is 11.2. The van der Waals surface area contributed by atoms with Crippen LogP contribution in [0.2, 0.25) is 0 Å². The van der Waals surface area contributed by atoms with Gasteiger partial charge < -0.3 is 15.4 Å². The molecule has 0 saturated carbocycles. The Morgan fingerprint density at radius 2 is 2.32 bits per heavy atom. The quantitative estimate of drug-likeness (QED) is 0.893. The number of fused-ring (bicyclic) bond motifs is 1. The second kappa shape index (κ2) is 6.39. The van der Waals surface area contributed by atoms with Gasteiger partial charge in [0.1, 0.15) is 5.75 Å². The lowest BCUT2D eigenvalue weighted by Crippen LogP contribution is -2.39. The molecule has 0 spiro atoms. The van der Waals surface area contributed by atoms with Gasteiger partial charge >= 0.3 is 0 Å². The van der Waals surface area contributed by atoms with Crippen molar-refractivity contribution in [3.05, 3.63) is 28.2 Å². The summed E-state index contributed by atoms with van der Waals surface area (Å²) in [5.74, 6) is 0.925. The first-order valence-electron chi connectivity index (χ1n) is 6.51. The summed E-state index contributed by atoms with van der Waals surface area (Å²) in [5.41, 5.74) is 1.11. The van der Waals surface area contributed by atoms with Gasteiger partial charge in [-0.3, -0.25) is 4.79 Å². The molecule has 19 heavy (non-hydrogen) atoms. The smallest absolute Gasteiger partial charge is 0.234 e. The highest BCUT2D eigenvalue weighted by atomic mass is 79.9. The Bertz CT molecular complexity index is 463. The average Bonchev–Trinajstić information content (AvgIpc) is 2.35. The fourth-order valence-electron chi connectivity index (χ4n) is 2.17. The summed E-state index contributed by atoms with van der Waals surface area (Å²) in [6, 6.07) is 6.31. The summed E-state index contributed by atoms with van der Waals surface area (Å²) in [6.07, 6.45) is 0.873. The maximum atomic E-state index is 11.7. The zero-order chi connectivity index (χ0) is 13.8. The van der Waals surface area contributed by atoms with Crippen LogP contribution in [0.5, 0.6) is 5.75 Å². The summed E-state index contributed by atoms with van der Waals surface area (Å²) in [5, 5.41) is 6.17. The molecule has 1 unspecified atom stereocenters. The van der Waals surface area contributed by atoms with Crippen molar-refractivity contribution in [1.82, 2.24) is 10.6 Å². The summed E-state index contributed by atoms with van der Waals surface area (Å²) in [6.45, 7) is 4.92. The molecule has 1 aromatic rings. The van der Waals surface area contributed by atoms with Crippen LogP contribution >= 0.6 is 15.9 Å². The van der Waals surface area contributed by atoms with Gasteiger partial charge in [-0.1, -0.05) is 15.9 Å². The average molecular weight is 327 g/mol. The van der Waals surface area contributed by atoms with Crippen molar-refractivity contribution in [2.75, 3.05) is 13.2 Å². The molecule has 1 aliphatic heterocycles. The second-order valence-corrected chi connectivity index (χ2v) is 5.89. The maximum Gasteiger partial charge on any atom is 0.234 e. The summed E-state index contributed by atoms with van der Waals surface area (Å²) < 4.78 is 6.64. The normalized spacial score (nSPS) is 17.8. The number of rotatable bonds is 4. The molecule has 0 saturated heterocycles. The van der Waals surface area contributed by atoms with Crippen molar-refractivity contribution >= 4 is 21.8 Å². The van der Waals surface area contributed by atoms with E-state index in [-0.39, 0.29) is 18.0 Å². The molecule has 0 aromatic heterocycles. The summed E-state index contributed by atoms with van der Waals surface area (Å²) in [4.78, 5) is 11.7. The number of benzene rings is 1. The number of nitrogens with one attached hydrogen (secondary N) is 2. The first-order valence-corrected chi connectivity index (χ1v) is 7.30. The van der Waals surface area contributed by atoms with Gasteiger partial charge in [-0.15, -0.1) is 0 Å². The standard InChI is InChI=1S/C14H19BrN2O2/c1-9(2)17-14(18)8-16-12-5-6-19-13-4-3-10(15)7-11(12)13/h3-4,7,9,12,16H,5-6,8H2,1-2H3,(H,17,18). The lowest BCUT2D eigenvalue weighted by atomic mass is 10.0. The van der Waals surface area contributed by atoms with E-state index in [0.29, 0.717) is 13.2 Å². The first-order chi connectivity index (χ1) is 9.06. The third-order valence-corrected chi connectivity index (χ3v) is 3.46. The van der Waals surface area contributed by atoms with Crippen LogP contribution in [0.1, 0.15) is 31.9 Å². The van der Waals surface area contributed by atoms with Crippen molar-refractivity contribution in [3.8, 4) is 5.75 Å². The molecule has 2 N–H and O–H groups in total. The van der Waals surface area contributed by atoms with Gasteiger partial charge in [0.05, 0.1) is 13.2 Å². The number of hydrogen-bond acceptors (Lipinski definition) is 3. The fourth-order valence-corrected chi connectivity index (χ4v) is 2.55. The van der Waals surface area contributed by atoms with E-state index in [9.17, 15) is 4.79 Å². The third kappa shape index (κ3) is 3.94. The van der Waals surface area contributed by atoms with E-state index < -0.39 is 0 Å². The summed E-state index contributed by atoms with van der Waals surface area (Å²) in [7, 11) is 0. The van der Waals surface area contributed by atoms with Crippen LogP contribution in [0.15, 0.2) is 22.7 Å². The molecule has 1 aliphatic rings. The van der Waals surface area contributed by atoms with Crippen LogP contribution < -0.4 is 15.4 Å². The molecule has 1 atom stereocenters. The predicted molar refractivity (Wildman–Crippen MR) is 78.3 cm³/mol. The van der Waals surface area contributed by atoms with Crippen LogP contribution in [0, 0.1) is 0 Å². The largest absolute Gasteiger partial charge is 0.493 e. The molecule has 0 radical (unpaired) electrons. The van der Waals surface area contributed by atoms with Crippen molar-refractivity contribution < 1.29 is 9.53 Å². The number of carbonyl (C=O) groups excluding carboxylic acids is 1. The monoisotopic (exact) mass is 326 g/mol. The minimum Gasteiger partial charge on any atom is -0.493 e. The Kier molecular flexibility index (Phi) is 4.82. The lowest BCUT2D eigenvalue weighted by molar-refractivity contribution is -0.120. The molecule has 104 valence electrons. The molecule has 1 aromatic carbocycles. The molecular weight excluding hydrogens is 308 g/mol. The number of hydrogen-bond donors (Lipinski definition) is 2. The van der Waals surface area contributed by atoms with Crippen LogP contribution in [0.25, 0.3) is 0 Å². The minimum absolute atomic E-state index is 0.0260. The van der Waals surface area contributed by atoms with E-state index in [0.717, 1.165) is 22.2 Å². The van der Waals surface area contributed by atoms with Gasteiger partial charge in [-0.25, -0.2) is 0 Å². The molecule has 1 amide bonds. The second-order valence-electron chi connectivity index (χ2n) is 4.97. The maximum absolute atomic E-state index is 11.7. The highest BCUT2D eigenvalue weighted by Gasteiger charge is 2.21. The highest BCUT2D eigenvalue weighted by Crippen LogP contribution is 2.33. The van der Waals surface area contributed by atoms with E-state index in [1.165, 1.54) is 0 Å². The van der Waals surface area contributed by atoms with Crippen molar-refractivity contribution in [2.45, 2.75) is 32.4 Å². The Hall–Kier alpha value is -1.07. The van der Waals surface area contributed by atoms with Crippen LogP contribution in [0.3, 0.4) is 0 Å². The van der Waals surface area contributed by atoms with Gasteiger partial charge in [0, 0.05) is 28.5 Å². The number of halogens is 1. The highest BCUT2D eigenvalue weighted by molar-refractivity contribution is 9.10.